The fourth-order valence-corrected chi connectivity index (χ4v) is 3.41. The van der Waals surface area contributed by atoms with E-state index in [0.717, 1.165) is 10.1 Å². The maximum atomic E-state index is 13.1. The maximum Gasteiger partial charge on any atom is 0.264 e. The van der Waals surface area contributed by atoms with Gasteiger partial charge in [0.1, 0.15) is 11.4 Å². The number of hydrogen-bond donors (Lipinski definition) is 1. The molecule has 0 unspecified atom stereocenters. The molecule has 1 fully saturated rings. The van der Waals surface area contributed by atoms with Gasteiger partial charge in [-0.1, -0.05) is 13.8 Å². The van der Waals surface area contributed by atoms with Crippen LogP contribution in [0.1, 0.15) is 23.5 Å². The molecule has 3 nitrogen and oxygen atoms in total. The van der Waals surface area contributed by atoms with Crippen LogP contribution in [0.4, 0.5) is 4.39 Å². The average molecular weight is 293 g/mol. The van der Waals surface area contributed by atoms with E-state index in [0.29, 0.717) is 18.0 Å². The molecular formula is C15H16FNO2S. The number of β-amino-alcohol motifs (C(OH)–C–C–N with tert-alkyl or cyclic N) is 1. The van der Waals surface area contributed by atoms with E-state index < -0.39 is 5.60 Å². The van der Waals surface area contributed by atoms with Crippen molar-refractivity contribution in [1.29, 1.82) is 0 Å². The molecule has 2 heterocycles. The van der Waals surface area contributed by atoms with Crippen molar-refractivity contribution in [3.05, 3.63) is 35.0 Å². The molecule has 1 amide bonds. The summed E-state index contributed by atoms with van der Waals surface area (Å²) in [6, 6.07) is 6.24. The van der Waals surface area contributed by atoms with Gasteiger partial charge in [0.2, 0.25) is 0 Å². The molecule has 0 bridgehead atoms. The highest BCUT2D eigenvalue weighted by atomic mass is 32.1. The lowest BCUT2D eigenvalue weighted by molar-refractivity contribution is -0.110. The first-order valence-electron chi connectivity index (χ1n) is 6.60. The van der Waals surface area contributed by atoms with E-state index in [1.165, 1.54) is 23.5 Å². The molecule has 1 aromatic heterocycles. The molecule has 20 heavy (non-hydrogen) atoms. The fourth-order valence-electron chi connectivity index (χ4n) is 2.40. The van der Waals surface area contributed by atoms with Crippen molar-refractivity contribution in [2.45, 2.75) is 19.4 Å². The minimum Gasteiger partial charge on any atom is -0.386 e. The van der Waals surface area contributed by atoms with Crippen LogP contribution in [0, 0.1) is 11.7 Å². The quantitative estimate of drug-likeness (QED) is 0.925. The number of aliphatic hydroxyl groups is 1. The van der Waals surface area contributed by atoms with Crippen LogP contribution in [0.25, 0.3) is 10.1 Å². The first-order valence-corrected chi connectivity index (χ1v) is 7.41. The van der Waals surface area contributed by atoms with E-state index in [1.807, 2.05) is 13.8 Å². The molecule has 1 aliphatic rings. The van der Waals surface area contributed by atoms with Gasteiger partial charge in [-0.05, 0) is 35.6 Å². The lowest BCUT2D eigenvalue weighted by atomic mass is 9.83. The van der Waals surface area contributed by atoms with Crippen LogP contribution in [0.15, 0.2) is 24.3 Å². The number of nitrogens with zero attached hydrogens (tertiary/aromatic N) is 1. The third-order valence-corrected chi connectivity index (χ3v) is 5.08. The van der Waals surface area contributed by atoms with E-state index in [1.54, 1.807) is 17.0 Å². The van der Waals surface area contributed by atoms with Crippen molar-refractivity contribution < 1.29 is 14.3 Å². The molecule has 0 aliphatic carbocycles. The summed E-state index contributed by atoms with van der Waals surface area (Å²) >= 11 is 1.36. The standard InChI is InChI=1S/C15H16FNO2S/c1-9(2)15(19)7-17(8-15)14(18)13-6-10-5-11(16)3-4-12(10)20-13/h3-6,9,19H,7-8H2,1-2H3. The highest BCUT2D eigenvalue weighted by Gasteiger charge is 2.46. The minimum atomic E-state index is -0.765. The second-order valence-corrected chi connectivity index (χ2v) is 6.80. The van der Waals surface area contributed by atoms with Crippen LogP contribution in [-0.4, -0.2) is 34.6 Å². The first kappa shape index (κ1) is 13.5. The lowest BCUT2D eigenvalue weighted by Crippen LogP contribution is -2.65. The van der Waals surface area contributed by atoms with Crippen LogP contribution < -0.4 is 0 Å². The number of carbonyl (C=O) groups is 1. The number of carbonyl (C=O) groups excluding carboxylic acids is 1. The normalized spacial score (nSPS) is 17.6. The summed E-state index contributed by atoms with van der Waals surface area (Å²) in [5.41, 5.74) is -0.765. The Morgan fingerprint density at radius 3 is 2.75 bits per heavy atom. The Balaban J connectivity index is 1.80. The third-order valence-electron chi connectivity index (χ3n) is 3.98. The number of halogens is 1. The predicted octanol–water partition coefficient (Wildman–Crippen LogP) is 2.88. The van der Waals surface area contributed by atoms with Crippen LogP contribution >= 0.6 is 11.3 Å². The molecule has 5 heteroatoms. The Labute approximate surface area is 120 Å². The molecule has 1 N–H and O–H groups in total. The minimum absolute atomic E-state index is 0.0862. The Morgan fingerprint density at radius 1 is 1.40 bits per heavy atom. The van der Waals surface area contributed by atoms with E-state index in [2.05, 4.69) is 0 Å². The summed E-state index contributed by atoms with van der Waals surface area (Å²) in [5.74, 6) is -0.257. The zero-order chi connectivity index (χ0) is 14.5. The van der Waals surface area contributed by atoms with E-state index >= 15 is 0 Å². The maximum absolute atomic E-state index is 13.1. The van der Waals surface area contributed by atoms with E-state index in [-0.39, 0.29) is 17.6 Å². The second-order valence-electron chi connectivity index (χ2n) is 5.71. The molecule has 1 aromatic carbocycles. The van der Waals surface area contributed by atoms with Gasteiger partial charge in [0.05, 0.1) is 18.0 Å². The van der Waals surface area contributed by atoms with Gasteiger partial charge in [0.15, 0.2) is 0 Å². The molecule has 0 radical (unpaired) electrons. The van der Waals surface area contributed by atoms with Gasteiger partial charge in [-0.2, -0.15) is 0 Å². The number of thiophene rings is 1. The molecule has 1 saturated heterocycles. The Hall–Kier alpha value is -1.46. The zero-order valence-electron chi connectivity index (χ0n) is 11.4. The summed E-state index contributed by atoms with van der Waals surface area (Å²) in [4.78, 5) is 14.6. The zero-order valence-corrected chi connectivity index (χ0v) is 12.2. The highest BCUT2D eigenvalue weighted by molar-refractivity contribution is 7.20. The summed E-state index contributed by atoms with van der Waals surface area (Å²) < 4.78 is 14.0. The van der Waals surface area contributed by atoms with Crippen LogP contribution in [0.5, 0.6) is 0 Å². The third kappa shape index (κ3) is 2.11. The Morgan fingerprint density at radius 2 is 2.10 bits per heavy atom. The van der Waals surface area contributed by atoms with Gasteiger partial charge in [0, 0.05) is 4.70 Å². The number of amides is 1. The van der Waals surface area contributed by atoms with Crippen LogP contribution in [0.2, 0.25) is 0 Å². The van der Waals surface area contributed by atoms with Crippen molar-refractivity contribution in [1.82, 2.24) is 4.90 Å². The Kier molecular flexibility index (Phi) is 3.06. The number of rotatable bonds is 2. The SMILES string of the molecule is CC(C)C1(O)CN(C(=O)c2cc3cc(F)ccc3s2)C1. The molecule has 0 atom stereocenters. The fraction of sp³-hybridized carbons (Fsp3) is 0.400. The van der Waals surface area contributed by atoms with Crippen LogP contribution in [0.3, 0.4) is 0 Å². The molecule has 3 rings (SSSR count). The van der Waals surface area contributed by atoms with Crippen molar-refractivity contribution in [3.8, 4) is 0 Å². The van der Waals surface area contributed by atoms with Crippen molar-refractivity contribution >= 4 is 27.3 Å². The summed E-state index contributed by atoms with van der Waals surface area (Å²) in [5, 5.41) is 10.9. The van der Waals surface area contributed by atoms with Gasteiger partial charge in [-0.3, -0.25) is 4.79 Å². The van der Waals surface area contributed by atoms with Crippen molar-refractivity contribution in [3.63, 3.8) is 0 Å². The summed E-state index contributed by atoms with van der Waals surface area (Å²) in [6.45, 7) is 4.63. The van der Waals surface area contributed by atoms with Crippen LogP contribution in [-0.2, 0) is 0 Å². The van der Waals surface area contributed by atoms with Crippen molar-refractivity contribution in [2.75, 3.05) is 13.1 Å². The number of hydrogen-bond acceptors (Lipinski definition) is 3. The predicted molar refractivity (Wildman–Crippen MR) is 77.5 cm³/mol. The largest absolute Gasteiger partial charge is 0.386 e. The molecular weight excluding hydrogens is 277 g/mol. The second kappa shape index (κ2) is 4.53. The number of likely N-dealkylation sites (tertiary alicyclic amines) is 1. The van der Waals surface area contributed by atoms with E-state index in [9.17, 15) is 14.3 Å². The van der Waals surface area contributed by atoms with Gasteiger partial charge < -0.3 is 10.0 Å². The van der Waals surface area contributed by atoms with Gasteiger partial charge in [-0.15, -0.1) is 11.3 Å². The number of benzene rings is 1. The van der Waals surface area contributed by atoms with Gasteiger partial charge in [-0.25, -0.2) is 4.39 Å². The molecule has 0 spiro atoms. The number of fused-ring (bicyclic) bond motifs is 1. The monoisotopic (exact) mass is 293 g/mol. The molecule has 2 aromatic rings. The first-order chi connectivity index (χ1) is 9.39. The Bertz CT molecular complexity index is 674. The van der Waals surface area contributed by atoms with Gasteiger partial charge in [0.25, 0.3) is 5.91 Å². The van der Waals surface area contributed by atoms with Gasteiger partial charge >= 0.3 is 0 Å². The summed E-state index contributed by atoms with van der Waals surface area (Å²) in [7, 11) is 0. The molecule has 106 valence electrons. The topological polar surface area (TPSA) is 40.5 Å². The highest BCUT2D eigenvalue weighted by Crippen LogP contribution is 2.33. The smallest absolute Gasteiger partial charge is 0.264 e. The van der Waals surface area contributed by atoms with E-state index in [4.69, 9.17) is 0 Å². The van der Waals surface area contributed by atoms with Crippen molar-refractivity contribution in [2.24, 2.45) is 5.92 Å². The lowest BCUT2D eigenvalue weighted by Gasteiger charge is -2.48. The molecule has 1 aliphatic heterocycles. The average Bonchev–Trinajstić information content (AvgIpc) is 2.76. The summed E-state index contributed by atoms with van der Waals surface area (Å²) in [6.07, 6.45) is 0. The molecule has 0 saturated carbocycles.